The summed E-state index contributed by atoms with van der Waals surface area (Å²) < 4.78 is 14.4. The molecule has 1 amide bonds. The van der Waals surface area contributed by atoms with Crippen LogP contribution in [0.25, 0.3) is 0 Å². The SMILES string of the molecule is CN(CCc1ccccc1)C(=O)C(C(=O)c1ccc(F)cc1)n1ccccc1=O. The molecule has 0 radical (unpaired) electrons. The summed E-state index contributed by atoms with van der Waals surface area (Å²) in [6.07, 6.45) is 2.03. The van der Waals surface area contributed by atoms with Crippen molar-refractivity contribution in [2.45, 2.75) is 12.5 Å². The van der Waals surface area contributed by atoms with Crippen LogP contribution >= 0.6 is 0 Å². The van der Waals surface area contributed by atoms with Crippen LogP contribution in [0.2, 0.25) is 0 Å². The number of hydrogen-bond donors (Lipinski definition) is 0. The summed E-state index contributed by atoms with van der Waals surface area (Å²) in [5.41, 5.74) is 0.764. The first-order valence-electron chi connectivity index (χ1n) is 9.23. The van der Waals surface area contributed by atoms with Crippen LogP contribution in [-0.2, 0) is 11.2 Å². The maximum atomic E-state index is 13.2. The minimum absolute atomic E-state index is 0.164. The number of nitrogens with zero attached hydrogens (tertiary/aromatic N) is 2. The van der Waals surface area contributed by atoms with Gasteiger partial charge in [0.1, 0.15) is 5.82 Å². The van der Waals surface area contributed by atoms with Gasteiger partial charge in [-0.05, 0) is 42.3 Å². The minimum Gasteiger partial charge on any atom is -0.343 e. The lowest BCUT2D eigenvalue weighted by Gasteiger charge is -2.24. The molecule has 1 unspecified atom stereocenters. The van der Waals surface area contributed by atoms with Gasteiger partial charge in [-0.15, -0.1) is 0 Å². The van der Waals surface area contributed by atoms with Gasteiger partial charge in [-0.3, -0.25) is 19.0 Å². The van der Waals surface area contributed by atoms with E-state index in [4.69, 9.17) is 0 Å². The van der Waals surface area contributed by atoms with Crippen LogP contribution in [-0.4, -0.2) is 34.7 Å². The summed E-state index contributed by atoms with van der Waals surface area (Å²) in [4.78, 5) is 40.0. The van der Waals surface area contributed by atoms with Crippen LogP contribution < -0.4 is 5.56 Å². The molecule has 6 heteroatoms. The van der Waals surface area contributed by atoms with Crippen molar-refractivity contribution in [3.63, 3.8) is 0 Å². The molecule has 0 saturated carbocycles. The van der Waals surface area contributed by atoms with E-state index in [1.807, 2.05) is 30.3 Å². The fourth-order valence-electron chi connectivity index (χ4n) is 3.04. The van der Waals surface area contributed by atoms with Gasteiger partial charge in [0.15, 0.2) is 11.8 Å². The second-order valence-electron chi connectivity index (χ2n) is 6.72. The lowest BCUT2D eigenvalue weighted by atomic mass is 10.0. The van der Waals surface area contributed by atoms with Crippen molar-refractivity contribution in [3.05, 3.63) is 106 Å². The van der Waals surface area contributed by atoms with E-state index in [0.717, 1.165) is 22.3 Å². The zero-order chi connectivity index (χ0) is 20.8. The highest BCUT2D eigenvalue weighted by molar-refractivity contribution is 6.11. The van der Waals surface area contributed by atoms with Crippen LogP contribution in [0, 0.1) is 5.82 Å². The molecule has 2 aromatic carbocycles. The average molecular weight is 392 g/mol. The number of benzene rings is 2. The number of amides is 1. The summed E-state index contributed by atoms with van der Waals surface area (Å²) in [7, 11) is 1.60. The molecule has 1 heterocycles. The Labute approximate surface area is 168 Å². The van der Waals surface area contributed by atoms with Crippen LogP contribution in [0.15, 0.2) is 83.8 Å². The Morgan fingerprint density at radius 2 is 1.62 bits per heavy atom. The second kappa shape index (κ2) is 9.10. The van der Waals surface area contributed by atoms with Gasteiger partial charge in [0.2, 0.25) is 0 Å². The number of carbonyl (C=O) groups excluding carboxylic acids is 2. The summed E-state index contributed by atoms with van der Waals surface area (Å²) in [5, 5.41) is 0. The minimum atomic E-state index is -1.35. The number of hydrogen-bond acceptors (Lipinski definition) is 3. The first-order valence-corrected chi connectivity index (χ1v) is 9.23. The predicted molar refractivity (Wildman–Crippen MR) is 108 cm³/mol. The van der Waals surface area contributed by atoms with Gasteiger partial charge in [0.05, 0.1) is 0 Å². The fourth-order valence-corrected chi connectivity index (χ4v) is 3.04. The normalized spacial score (nSPS) is 11.7. The third-order valence-corrected chi connectivity index (χ3v) is 4.70. The molecule has 0 aliphatic heterocycles. The number of ketones is 1. The lowest BCUT2D eigenvalue weighted by Crippen LogP contribution is -2.42. The van der Waals surface area contributed by atoms with Gasteiger partial charge >= 0.3 is 0 Å². The molecule has 5 nitrogen and oxygen atoms in total. The standard InChI is InChI=1S/C23H21FN2O3/c1-25(16-14-17-7-3-2-4-8-17)23(29)21(26-15-6-5-9-20(26)27)22(28)18-10-12-19(24)13-11-18/h2-13,15,21H,14,16H2,1H3. The number of likely N-dealkylation sites (N-methyl/N-ethyl adjacent to an activating group) is 1. The molecule has 0 bridgehead atoms. The maximum absolute atomic E-state index is 13.2. The third-order valence-electron chi connectivity index (χ3n) is 4.70. The molecule has 3 rings (SSSR count). The zero-order valence-electron chi connectivity index (χ0n) is 16.0. The molecule has 3 aromatic rings. The van der Waals surface area contributed by atoms with Gasteiger partial charge in [-0.25, -0.2) is 4.39 Å². The maximum Gasteiger partial charge on any atom is 0.253 e. The van der Waals surface area contributed by atoms with E-state index in [1.165, 1.54) is 29.3 Å². The van der Waals surface area contributed by atoms with Crippen molar-refractivity contribution in [3.8, 4) is 0 Å². The van der Waals surface area contributed by atoms with Crippen molar-refractivity contribution in [2.24, 2.45) is 0 Å². The first-order chi connectivity index (χ1) is 14.0. The number of halogens is 1. The smallest absolute Gasteiger partial charge is 0.253 e. The van der Waals surface area contributed by atoms with Crippen molar-refractivity contribution in [2.75, 3.05) is 13.6 Å². The summed E-state index contributed by atoms with van der Waals surface area (Å²) in [5.74, 6) is -1.54. The van der Waals surface area contributed by atoms with Crippen molar-refractivity contribution in [1.29, 1.82) is 0 Å². The number of carbonyl (C=O) groups is 2. The zero-order valence-corrected chi connectivity index (χ0v) is 16.0. The Morgan fingerprint density at radius 3 is 2.28 bits per heavy atom. The van der Waals surface area contributed by atoms with Crippen LogP contribution in [0.5, 0.6) is 0 Å². The summed E-state index contributed by atoms with van der Waals surface area (Å²) in [6, 6.07) is 17.7. The Bertz CT molecular complexity index is 1050. The van der Waals surface area contributed by atoms with E-state index in [0.29, 0.717) is 13.0 Å². The van der Waals surface area contributed by atoms with Gasteiger partial charge in [0, 0.05) is 31.4 Å². The molecule has 29 heavy (non-hydrogen) atoms. The topological polar surface area (TPSA) is 59.4 Å². The Hall–Kier alpha value is -3.54. The molecule has 148 valence electrons. The van der Waals surface area contributed by atoms with Gasteiger partial charge in [0.25, 0.3) is 11.5 Å². The predicted octanol–water partition coefficient (Wildman–Crippen LogP) is 3.11. The largest absolute Gasteiger partial charge is 0.343 e. The van der Waals surface area contributed by atoms with E-state index >= 15 is 0 Å². The van der Waals surface area contributed by atoms with Crippen molar-refractivity contribution < 1.29 is 14.0 Å². The van der Waals surface area contributed by atoms with Crippen molar-refractivity contribution in [1.82, 2.24) is 9.47 Å². The fraction of sp³-hybridized carbons (Fsp3) is 0.174. The van der Waals surface area contributed by atoms with Crippen molar-refractivity contribution >= 4 is 11.7 Å². The number of Topliss-reactive ketones (excluding diaryl/α,β-unsaturated/α-hetero) is 1. The molecular weight excluding hydrogens is 371 g/mol. The molecule has 0 aliphatic rings. The number of aromatic nitrogens is 1. The molecule has 0 saturated heterocycles. The van der Waals surface area contributed by atoms with E-state index in [9.17, 15) is 18.8 Å². The monoisotopic (exact) mass is 392 g/mol. The summed E-state index contributed by atoms with van der Waals surface area (Å²) in [6.45, 7) is 0.387. The first kappa shape index (κ1) is 20.2. The molecule has 0 aliphatic carbocycles. The molecule has 1 atom stereocenters. The van der Waals surface area contributed by atoms with E-state index in [-0.39, 0.29) is 5.56 Å². The molecule has 0 fully saturated rings. The van der Waals surface area contributed by atoms with Gasteiger partial charge in [-0.1, -0.05) is 36.4 Å². The highest BCUT2D eigenvalue weighted by atomic mass is 19.1. The van der Waals surface area contributed by atoms with E-state index < -0.39 is 29.1 Å². The van der Waals surface area contributed by atoms with Gasteiger partial charge < -0.3 is 4.90 Å². The third kappa shape index (κ3) is 4.85. The molecular formula is C23H21FN2O3. The molecule has 1 aromatic heterocycles. The van der Waals surface area contributed by atoms with Gasteiger partial charge in [-0.2, -0.15) is 0 Å². The van der Waals surface area contributed by atoms with E-state index in [2.05, 4.69) is 0 Å². The molecule has 0 N–H and O–H groups in total. The van der Waals surface area contributed by atoms with Crippen LogP contribution in [0.1, 0.15) is 22.0 Å². The summed E-state index contributed by atoms with van der Waals surface area (Å²) >= 11 is 0. The second-order valence-corrected chi connectivity index (χ2v) is 6.72. The van der Waals surface area contributed by atoms with Crippen LogP contribution in [0.3, 0.4) is 0 Å². The van der Waals surface area contributed by atoms with E-state index in [1.54, 1.807) is 19.2 Å². The average Bonchev–Trinajstić information content (AvgIpc) is 2.74. The lowest BCUT2D eigenvalue weighted by molar-refractivity contribution is -0.132. The Kier molecular flexibility index (Phi) is 6.34. The number of pyridine rings is 1. The highest BCUT2D eigenvalue weighted by Crippen LogP contribution is 2.17. The Balaban J connectivity index is 1.89. The quantitative estimate of drug-likeness (QED) is 0.459. The molecule has 0 spiro atoms. The Morgan fingerprint density at radius 1 is 0.966 bits per heavy atom. The number of rotatable bonds is 7. The highest BCUT2D eigenvalue weighted by Gasteiger charge is 2.32. The van der Waals surface area contributed by atoms with Crippen LogP contribution in [0.4, 0.5) is 4.39 Å².